The molecule has 6 aromatic carbocycles. The SMILES string of the molecule is Cc1nc(-c2ccccc2)nc(-c2cccc(-c3ccc4c5ccccc5c5ccccc5c4c3)c2)n1. The third-order valence-electron chi connectivity index (χ3n) is 6.98. The van der Waals surface area contributed by atoms with Gasteiger partial charge < -0.3 is 0 Å². The zero-order valence-electron chi connectivity index (χ0n) is 20.4. The van der Waals surface area contributed by atoms with Gasteiger partial charge in [-0.15, -0.1) is 0 Å². The number of rotatable bonds is 3. The molecule has 1 aromatic heterocycles. The van der Waals surface area contributed by atoms with E-state index >= 15 is 0 Å². The van der Waals surface area contributed by atoms with Crippen LogP contribution >= 0.6 is 0 Å². The van der Waals surface area contributed by atoms with E-state index in [4.69, 9.17) is 4.98 Å². The Morgan fingerprint density at radius 3 is 1.51 bits per heavy atom. The van der Waals surface area contributed by atoms with Crippen LogP contribution in [-0.2, 0) is 0 Å². The van der Waals surface area contributed by atoms with Gasteiger partial charge in [-0.05, 0) is 62.5 Å². The second kappa shape index (κ2) is 8.65. The van der Waals surface area contributed by atoms with Gasteiger partial charge in [-0.3, -0.25) is 0 Å². The van der Waals surface area contributed by atoms with Crippen molar-refractivity contribution in [2.45, 2.75) is 6.92 Å². The third kappa shape index (κ3) is 3.73. The van der Waals surface area contributed by atoms with Crippen LogP contribution in [0.1, 0.15) is 5.82 Å². The Bertz CT molecular complexity index is 1910. The first-order valence-corrected chi connectivity index (χ1v) is 12.5. The Morgan fingerprint density at radius 1 is 0.351 bits per heavy atom. The number of aromatic nitrogens is 3. The first-order chi connectivity index (χ1) is 18.2. The van der Waals surface area contributed by atoms with E-state index in [1.54, 1.807) is 0 Å². The van der Waals surface area contributed by atoms with Gasteiger partial charge in [-0.2, -0.15) is 0 Å². The normalized spacial score (nSPS) is 11.4. The minimum absolute atomic E-state index is 0.686. The lowest BCUT2D eigenvalue weighted by atomic mass is 9.92. The molecule has 0 bridgehead atoms. The highest BCUT2D eigenvalue weighted by Crippen LogP contribution is 2.37. The fourth-order valence-electron chi connectivity index (χ4n) is 5.25. The average molecular weight is 474 g/mol. The molecule has 0 aliphatic heterocycles. The molecular weight excluding hydrogens is 450 g/mol. The van der Waals surface area contributed by atoms with Gasteiger partial charge in [0.25, 0.3) is 0 Å². The van der Waals surface area contributed by atoms with Crippen molar-refractivity contribution in [3.05, 3.63) is 127 Å². The van der Waals surface area contributed by atoms with Crippen LogP contribution in [0.3, 0.4) is 0 Å². The van der Waals surface area contributed by atoms with Crippen LogP contribution in [0.5, 0.6) is 0 Å². The Labute approximate surface area is 215 Å². The summed E-state index contributed by atoms with van der Waals surface area (Å²) in [6, 6.07) is 42.7. The molecule has 0 radical (unpaired) electrons. The lowest BCUT2D eigenvalue weighted by Crippen LogP contribution is -1.99. The van der Waals surface area contributed by atoms with Gasteiger partial charge in [0.2, 0.25) is 0 Å². The molecule has 0 spiro atoms. The van der Waals surface area contributed by atoms with E-state index in [2.05, 4.69) is 101 Å². The monoisotopic (exact) mass is 473 g/mol. The molecule has 0 aliphatic carbocycles. The summed E-state index contributed by atoms with van der Waals surface area (Å²) >= 11 is 0. The topological polar surface area (TPSA) is 38.7 Å². The van der Waals surface area contributed by atoms with Crippen LogP contribution in [-0.4, -0.2) is 15.0 Å². The maximum absolute atomic E-state index is 4.81. The van der Waals surface area contributed by atoms with Gasteiger partial charge in [0.1, 0.15) is 5.82 Å². The van der Waals surface area contributed by atoms with Crippen LogP contribution in [0.2, 0.25) is 0 Å². The van der Waals surface area contributed by atoms with Crippen LogP contribution < -0.4 is 0 Å². The molecule has 0 saturated carbocycles. The van der Waals surface area contributed by atoms with Gasteiger partial charge in [0, 0.05) is 11.1 Å². The molecule has 0 unspecified atom stereocenters. The molecule has 7 rings (SSSR count). The molecule has 0 atom stereocenters. The molecule has 0 fully saturated rings. The maximum atomic E-state index is 4.81. The number of fused-ring (bicyclic) bond motifs is 6. The standard InChI is InChI=1S/C34H23N3/c1-22-35-33(23-10-3-2-4-11-23)37-34(36-22)26-13-9-12-24(20-26)25-18-19-31-29-16-6-5-14-27(29)28-15-7-8-17-30(28)32(31)21-25/h2-21H,1H3. The summed E-state index contributed by atoms with van der Waals surface area (Å²) in [5.74, 6) is 2.08. The summed E-state index contributed by atoms with van der Waals surface area (Å²) in [6.45, 7) is 1.92. The van der Waals surface area contributed by atoms with E-state index in [1.807, 2.05) is 37.3 Å². The van der Waals surface area contributed by atoms with Crippen molar-refractivity contribution >= 4 is 32.3 Å². The molecule has 7 aromatic rings. The molecule has 0 amide bonds. The summed E-state index contributed by atoms with van der Waals surface area (Å²) in [5, 5.41) is 7.67. The smallest absolute Gasteiger partial charge is 0.163 e. The van der Waals surface area contributed by atoms with E-state index < -0.39 is 0 Å². The van der Waals surface area contributed by atoms with Crippen LogP contribution in [0.25, 0.3) is 66.2 Å². The number of nitrogens with zero attached hydrogens (tertiary/aromatic N) is 3. The highest BCUT2D eigenvalue weighted by Gasteiger charge is 2.12. The first kappa shape index (κ1) is 21.4. The average Bonchev–Trinajstić information content (AvgIpc) is 2.97. The van der Waals surface area contributed by atoms with E-state index in [0.29, 0.717) is 17.5 Å². The van der Waals surface area contributed by atoms with Crippen LogP contribution in [0.4, 0.5) is 0 Å². The summed E-state index contributed by atoms with van der Waals surface area (Å²) in [5.41, 5.74) is 4.27. The van der Waals surface area contributed by atoms with Crippen molar-refractivity contribution in [2.24, 2.45) is 0 Å². The van der Waals surface area contributed by atoms with E-state index in [0.717, 1.165) is 16.7 Å². The number of benzene rings is 6. The fraction of sp³-hybridized carbons (Fsp3) is 0.0294. The number of aryl methyl sites for hydroxylation is 1. The van der Waals surface area contributed by atoms with E-state index in [9.17, 15) is 0 Å². The molecule has 37 heavy (non-hydrogen) atoms. The maximum Gasteiger partial charge on any atom is 0.163 e. The minimum Gasteiger partial charge on any atom is -0.213 e. The van der Waals surface area contributed by atoms with Crippen molar-refractivity contribution in [1.29, 1.82) is 0 Å². The van der Waals surface area contributed by atoms with E-state index in [1.165, 1.54) is 37.9 Å². The zero-order valence-corrected chi connectivity index (χ0v) is 20.4. The van der Waals surface area contributed by atoms with Gasteiger partial charge in [-0.25, -0.2) is 15.0 Å². The quantitative estimate of drug-likeness (QED) is 0.241. The summed E-state index contributed by atoms with van der Waals surface area (Å²) in [4.78, 5) is 14.1. The Balaban J connectivity index is 1.39. The van der Waals surface area contributed by atoms with Crippen molar-refractivity contribution in [3.8, 4) is 33.9 Å². The minimum atomic E-state index is 0.686. The van der Waals surface area contributed by atoms with Crippen molar-refractivity contribution in [3.63, 3.8) is 0 Å². The van der Waals surface area contributed by atoms with Crippen molar-refractivity contribution < 1.29 is 0 Å². The molecule has 3 nitrogen and oxygen atoms in total. The Kier molecular flexibility index (Phi) is 5.00. The highest BCUT2D eigenvalue weighted by atomic mass is 15.0. The summed E-state index contributed by atoms with van der Waals surface area (Å²) in [6.07, 6.45) is 0. The summed E-state index contributed by atoms with van der Waals surface area (Å²) < 4.78 is 0. The van der Waals surface area contributed by atoms with Crippen molar-refractivity contribution in [2.75, 3.05) is 0 Å². The van der Waals surface area contributed by atoms with Gasteiger partial charge in [-0.1, -0.05) is 109 Å². The lowest BCUT2D eigenvalue weighted by molar-refractivity contribution is 0.992. The Morgan fingerprint density at radius 2 is 0.838 bits per heavy atom. The number of hydrogen-bond acceptors (Lipinski definition) is 3. The molecule has 0 aliphatic rings. The van der Waals surface area contributed by atoms with Crippen LogP contribution in [0.15, 0.2) is 121 Å². The van der Waals surface area contributed by atoms with E-state index in [-0.39, 0.29) is 0 Å². The number of hydrogen-bond donors (Lipinski definition) is 0. The molecular formula is C34H23N3. The fourth-order valence-corrected chi connectivity index (χ4v) is 5.25. The second-order valence-electron chi connectivity index (χ2n) is 9.33. The van der Waals surface area contributed by atoms with Gasteiger partial charge in [0.05, 0.1) is 0 Å². The van der Waals surface area contributed by atoms with Gasteiger partial charge in [0.15, 0.2) is 11.6 Å². The molecule has 3 heteroatoms. The van der Waals surface area contributed by atoms with Gasteiger partial charge >= 0.3 is 0 Å². The molecule has 0 N–H and O–H groups in total. The summed E-state index contributed by atoms with van der Waals surface area (Å²) in [7, 11) is 0. The Hall–Kier alpha value is -4.89. The predicted molar refractivity (Wildman–Crippen MR) is 153 cm³/mol. The lowest BCUT2D eigenvalue weighted by Gasteiger charge is -2.12. The highest BCUT2D eigenvalue weighted by molar-refractivity contribution is 6.25. The second-order valence-corrected chi connectivity index (χ2v) is 9.33. The largest absolute Gasteiger partial charge is 0.213 e. The molecule has 174 valence electrons. The van der Waals surface area contributed by atoms with Crippen molar-refractivity contribution in [1.82, 2.24) is 15.0 Å². The molecule has 0 saturated heterocycles. The zero-order chi connectivity index (χ0) is 24.8. The predicted octanol–water partition coefficient (Wildman–Crippen LogP) is 8.64. The third-order valence-corrected chi connectivity index (χ3v) is 6.98. The first-order valence-electron chi connectivity index (χ1n) is 12.5. The molecule has 1 heterocycles. The van der Waals surface area contributed by atoms with Crippen LogP contribution in [0, 0.1) is 6.92 Å².